The molecule has 1 aromatic heterocycles. The molecule has 1 aliphatic rings. The van der Waals surface area contributed by atoms with Crippen LogP contribution in [0.4, 0.5) is 0 Å². The van der Waals surface area contributed by atoms with Crippen molar-refractivity contribution < 1.29 is 9.59 Å². The molecule has 0 saturated carbocycles. The number of nitrogens with zero attached hydrogens (tertiary/aromatic N) is 4. The second-order valence-electron chi connectivity index (χ2n) is 8.03. The Balaban J connectivity index is 1.46. The third kappa shape index (κ3) is 4.59. The zero-order valence-electron chi connectivity index (χ0n) is 18.1. The van der Waals surface area contributed by atoms with Gasteiger partial charge in [0.05, 0.1) is 22.6 Å². The molecule has 31 heavy (non-hydrogen) atoms. The lowest BCUT2D eigenvalue weighted by atomic mass is 10.1. The molecule has 1 aliphatic heterocycles. The van der Waals surface area contributed by atoms with Crippen LogP contribution in [0.15, 0.2) is 60.7 Å². The molecular weight excluding hydrogens is 388 g/mol. The van der Waals surface area contributed by atoms with Gasteiger partial charge in [0.2, 0.25) is 0 Å². The highest BCUT2D eigenvalue weighted by molar-refractivity contribution is 6.43. The summed E-state index contributed by atoms with van der Waals surface area (Å²) in [6, 6.07) is 20.0. The fraction of sp³-hybridized carbons (Fsp3) is 0.320. The number of carbonyl (C=O) groups excluding carboxylic acids is 2. The second-order valence-corrected chi connectivity index (χ2v) is 8.03. The van der Waals surface area contributed by atoms with Crippen LogP contribution in [0.1, 0.15) is 33.7 Å². The van der Waals surface area contributed by atoms with Crippen molar-refractivity contribution in [1.29, 1.82) is 0 Å². The summed E-state index contributed by atoms with van der Waals surface area (Å²) < 4.78 is 1.74. The standard InChI is InChI=1S/C25H28N4O2/c1-19-23(20(2)29(26-19)22-12-7-4-8-13-22)24(30)25(31)28-15-9-14-27(16-17-28)18-21-10-5-3-6-11-21/h3-8,10-13H,9,14-18H2,1-2H3. The fourth-order valence-corrected chi connectivity index (χ4v) is 4.22. The zero-order chi connectivity index (χ0) is 21.8. The molecule has 160 valence electrons. The van der Waals surface area contributed by atoms with Gasteiger partial charge in [0.25, 0.3) is 11.7 Å². The molecule has 0 aliphatic carbocycles. The number of Topliss-reactive ketones (excluding diaryl/α,β-unsaturated/α-hetero) is 1. The molecule has 6 nitrogen and oxygen atoms in total. The lowest BCUT2D eigenvalue weighted by Crippen LogP contribution is -2.39. The van der Waals surface area contributed by atoms with Gasteiger partial charge in [0, 0.05) is 32.7 Å². The van der Waals surface area contributed by atoms with Crippen molar-refractivity contribution in [1.82, 2.24) is 19.6 Å². The number of rotatable bonds is 5. The van der Waals surface area contributed by atoms with Crippen molar-refractivity contribution >= 4 is 11.7 Å². The van der Waals surface area contributed by atoms with Crippen molar-refractivity contribution in [2.75, 3.05) is 26.2 Å². The Kier molecular flexibility index (Phi) is 6.28. The molecule has 3 aromatic rings. The molecular formula is C25H28N4O2. The van der Waals surface area contributed by atoms with E-state index in [1.54, 1.807) is 16.5 Å². The van der Waals surface area contributed by atoms with Crippen molar-refractivity contribution in [2.24, 2.45) is 0 Å². The minimum atomic E-state index is -0.464. The van der Waals surface area contributed by atoms with Crippen molar-refractivity contribution in [2.45, 2.75) is 26.8 Å². The molecule has 2 aromatic carbocycles. The largest absolute Gasteiger partial charge is 0.334 e. The van der Waals surface area contributed by atoms with Gasteiger partial charge in [-0.25, -0.2) is 4.68 Å². The van der Waals surface area contributed by atoms with E-state index >= 15 is 0 Å². The molecule has 0 unspecified atom stereocenters. The number of amides is 1. The molecule has 6 heteroatoms. The highest BCUT2D eigenvalue weighted by Crippen LogP contribution is 2.20. The summed E-state index contributed by atoms with van der Waals surface area (Å²) in [6.45, 7) is 7.32. The molecule has 1 saturated heterocycles. The Labute approximate surface area is 183 Å². The van der Waals surface area contributed by atoms with E-state index in [1.165, 1.54) is 5.56 Å². The molecule has 4 rings (SSSR count). The maximum absolute atomic E-state index is 13.2. The molecule has 0 N–H and O–H groups in total. The number of para-hydroxylation sites is 1. The first kappa shape index (κ1) is 21.0. The maximum atomic E-state index is 13.2. The number of benzene rings is 2. The molecule has 2 heterocycles. The lowest BCUT2D eigenvalue weighted by Gasteiger charge is -2.21. The number of hydrogen-bond acceptors (Lipinski definition) is 4. The van der Waals surface area contributed by atoms with Crippen LogP contribution in [0.5, 0.6) is 0 Å². The summed E-state index contributed by atoms with van der Waals surface area (Å²) in [6.07, 6.45) is 0.854. The average molecular weight is 417 g/mol. The number of carbonyl (C=O) groups is 2. The molecule has 0 radical (unpaired) electrons. The van der Waals surface area contributed by atoms with E-state index < -0.39 is 11.7 Å². The lowest BCUT2D eigenvalue weighted by molar-refractivity contribution is -0.126. The first-order chi connectivity index (χ1) is 15.0. The molecule has 0 bridgehead atoms. The third-order valence-corrected chi connectivity index (χ3v) is 5.84. The number of ketones is 1. The van der Waals surface area contributed by atoms with E-state index in [0.29, 0.717) is 30.0 Å². The molecule has 0 spiro atoms. The Morgan fingerprint density at radius 2 is 1.55 bits per heavy atom. The summed E-state index contributed by atoms with van der Waals surface area (Å²) in [7, 11) is 0. The molecule has 1 amide bonds. The SMILES string of the molecule is Cc1nn(-c2ccccc2)c(C)c1C(=O)C(=O)N1CCCN(Cc2ccccc2)CC1. The van der Waals surface area contributed by atoms with E-state index in [4.69, 9.17) is 0 Å². The predicted octanol–water partition coefficient (Wildman–Crippen LogP) is 3.41. The van der Waals surface area contributed by atoms with Crippen LogP contribution in [0.3, 0.4) is 0 Å². The number of aryl methyl sites for hydroxylation is 1. The van der Waals surface area contributed by atoms with E-state index in [2.05, 4.69) is 22.1 Å². The first-order valence-corrected chi connectivity index (χ1v) is 10.8. The van der Waals surface area contributed by atoms with Gasteiger partial charge in [-0.3, -0.25) is 14.5 Å². The van der Waals surface area contributed by atoms with Crippen LogP contribution in [0.25, 0.3) is 5.69 Å². The average Bonchev–Trinajstić information content (AvgIpc) is 2.94. The van der Waals surface area contributed by atoms with E-state index in [9.17, 15) is 9.59 Å². The highest BCUT2D eigenvalue weighted by Gasteiger charge is 2.30. The monoisotopic (exact) mass is 416 g/mol. The van der Waals surface area contributed by atoms with Gasteiger partial charge in [-0.05, 0) is 38.0 Å². The minimum absolute atomic E-state index is 0.416. The second kappa shape index (κ2) is 9.27. The van der Waals surface area contributed by atoms with Gasteiger partial charge in [0.15, 0.2) is 0 Å². The summed E-state index contributed by atoms with van der Waals surface area (Å²) >= 11 is 0. The van der Waals surface area contributed by atoms with Crippen molar-refractivity contribution in [3.63, 3.8) is 0 Å². The maximum Gasteiger partial charge on any atom is 0.295 e. The summed E-state index contributed by atoms with van der Waals surface area (Å²) in [5.74, 6) is -0.894. The summed E-state index contributed by atoms with van der Waals surface area (Å²) in [5.41, 5.74) is 3.83. The third-order valence-electron chi connectivity index (χ3n) is 5.84. The Morgan fingerprint density at radius 1 is 0.871 bits per heavy atom. The number of aromatic nitrogens is 2. The van der Waals surface area contributed by atoms with E-state index in [1.807, 2.05) is 55.5 Å². The van der Waals surface area contributed by atoms with Gasteiger partial charge in [-0.15, -0.1) is 0 Å². The van der Waals surface area contributed by atoms with Crippen LogP contribution >= 0.6 is 0 Å². The van der Waals surface area contributed by atoms with Crippen molar-refractivity contribution in [3.05, 3.63) is 83.2 Å². The van der Waals surface area contributed by atoms with E-state index in [-0.39, 0.29) is 0 Å². The van der Waals surface area contributed by atoms with Crippen LogP contribution in [-0.2, 0) is 11.3 Å². The van der Waals surface area contributed by atoms with Crippen LogP contribution in [0, 0.1) is 13.8 Å². The Bertz CT molecular complexity index is 1060. The van der Waals surface area contributed by atoms with Crippen LogP contribution in [0.2, 0.25) is 0 Å². The quantitative estimate of drug-likeness (QED) is 0.472. The summed E-state index contributed by atoms with van der Waals surface area (Å²) in [5, 5.41) is 4.52. The Hall–Kier alpha value is -3.25. The topological polar surface area (TPSA) is 58.4 Å². The van der Waals surface area contributed by atoms with Crippen molar-refractivity contribution in [3.8, 4) is 5.69 Å². The zero-order valence-corrected chi connectivity index (χ0v) is 18.1. The van der Waals surface area contributed by atoms with E-state index in [0.717, 1.165) is 31.7 Å². The van der Waals surface area contributed by atoms with Gasteiger partial charge in [-0.2, -0.15) is 5.10 Å². The predicted molar refractivity (Wildman–Crippen MR) is 120 cm³/mol. The van der Waals surface area contributed by atoms with Crippen LogP contribution < -0.4 is 0 Å². The van der Waals surface area contributed by atoms with Gasteiger partial charge in [-0.1, -0.05) is 48.5 Å². The Morgan fingerprint density at radius 3 is 2.26 bits per heavy atom. The normalized spacial score (nSPS) is 15.0. The minimum Gasteiger partial charge on any atom is -0.334 e. The first-order valence-electron chi connectivity index (χ1n) is 10.8. The highest BCUT2D eigenvalue weighted by atomic mass is 16.2. The van der Waals surface area contributed by atoms with Gasteiger partial charge < -0.3 is 4.90 Å². The van der Waals surface area contributed by atoms with Crippen LogP contribution in [-0.4, -0.2) is 57.4 Å². The smallest absolute Gasteiger partial charge is 0.295 e. The molecule has 0 atom stereocenters. The molecule has 1 fully saturated rings. The summed E-state index contributed by atoms with van der Waals surface area (Å²) in [4.78, 5) is 30.3. The van der Waals surface area contributed by atoms with Gasteiger partial charge >= 0.3 is 0 Å². The van der Waals surface area contributed by atoms with Gasteiger partial charge in [0.1, 0.15) is 0 Å². The number of hydrogen-bond donors (Lipinski definition) is 0. The fourth-order valence-electron chi connectivity index (χ4n) is 4.22.